The van der Waals surface area contributed by atoms with E-state index < -0.39 is 0 Å². The third-order valence-electron chi connectivity index (χ3n) is 2.64. The molecule has 0 aromatic heterocycles. The van der Waals surface area contributed by atoms with Gasteiger partial charge in [0.2, 0.25) is 0 Å². The Kier molecular flexibility index (Phi) is 5.47. The van der Waals surface area contributed by atoms with Crippen LogP contribution in [0.1, 0.15) is 26.2 Å². The number of rotatable bonds is 7. The molecular weight excluding hydrogens is 213 g/mol. The number of unbranched alkanes of at least 4 members (excludes halogenated alkanes) is 1. The van der Waals surface area contributed by atoms with Gasteiger partial charge in [-0.05, 0) is 30.7 Å². The Morgan fingerprint density at radius 3 is 2.53 bits per heavy atom. The molecule has 0 spiro atoms. The summed E-state index contributed by atoms with van der Waals surface area (Å²) in [5, 5.41) is 0. The third kappa shape index (κ3) is 4.06. The lowest BCUT2D eigenvalue weighted by Gasteiger charge is -2.26. The van der Waals surface area contributed by atoms with Gasteiger partial charge in [0.05, 0.1) is 0 Å². The van der Waals surface area contributed by atoms with Crippen molar-refractivity contribution in [3.8, 4) is 0 Å². The first kappa shape index (κ1) is 13.5. The van der Waals surface area contributed by atoms with Crippen LogP contribution in [0, 0.1) is 5.82 Å². The Balaban J connectivity index is 2.84. The zero-order valence-corrected chi connectivity index (χ0v) is 10.5. The molecule has 0 radical (unpaired) electrons. The molecule has 0 amide bonds. The van der Waals surface area contributed by atoms with Crippen molar-refractivity contribution in [1.29, 1.82) is 0 Å². The summed E-state index contributed by atoms with van der Waals surface area (Å²) in [4.78, 5) is 2.13. The van der Waals surface area contributed by atoms with Crippen molar-refractivity contribution in [2.45, 2.75) is 26.2 Å². The smallest absolute Gasteiger partial charge is 0.123 e. The van der Waals surface area contributed by atoms with Crippen LogP contribution in [-0.2, 0) is 0 Å². The lowest BCUT2D eigenvalue weighted by atomic mass is 10.2. The molecule has 0 N–H and O–H groups in total. The first-order valence-electron chi connectivity index (χ1n) is 6.00. The summed E-state index contributed by atoms with van der Waals surface area (Å²) < 4.78 is 12.9. The van der Waals surface area contributed by atoms with Gasteiger partial charge in [-0.15, -0.1) is 6.58 Å². The van der Waals surface area contributed by atoms with E-state index in [1.54, 1.807) is 12.1 Å². The van der Waals surface area contributed by atoms with Crippen molar-refractivity contribution >= 4 is 5.69 Å². The maximum absolute atomic E-state index is 12.9. The van der Waals surface area contributed by atoms with Crippen LogP contribution in [0.5, 0.6) is 0 Å². The second-order valence-corrected chi connectivity index (χ2v) is 4.04. The van der Waals surface area contributed by atoms with E-state index in [2.05, 4.69) is 25.0 Å². The van der Waals surface area contributed by atoms with E-state index in [0.29, 0.717) is 0 Å². The van der Waals surface area contributed by atoms with Crippen LogP contribution < -0.4 is 4.90 Å². The van der Waals surface area contributed by atoms with Crippen LogP contribution in [0.4, 0.5) is 10.1 Å². The Hall–Kier alpha value is -1.57. The van der Waals surface area contributed by atoms with E-state index in [1.807, 2.05) is 6.08 Å². The molecule has 0 atom stereocenters. The molecule has 0 heterocycles. The lowest BCUT2D eigenvalue weighted by molar-refractivity contribution is 0.627. The highest BCUT2D eigenvalue weighted by Gasteiger charge is 2.08. The Morgan fingerprint density at radius 1 is 1.35 bits per heavy atom. The number of anilines is 1. The molecule has 92 valence electrons. The molecular formula is C15H20FN. The molecule has 0 aliphatic heterocycles. The number of allylic oxidation sites excluding steroid dienone is 1. The molecule has 1 rings (SSSR count). The minimum absolute atomic E-state index is 0.210. The average molecular weight is 233 g/mol. The van der Waals surface area contributed by atoms with Crippen LogP contribution in [-0.4, -0.2) is 6.54 Å². The predicted molar refractivity (Wildman–Crippen MR) is 72.6 cm³/mol. The molecule has 17 heavy (non-hydrogen) atoms. The summed E-state index contributed by atoms with van der Waals surface area (Å²) in [7, 11) is 0. The summed E-state index contributed by atoms with van der Waals surface area (Å²) in [6.07, 6.45) is 4.80. The minimum Gasteiger partial charge on any atom is -0.345 e. The zero-order valence-electron chi connectivity index (χ0n) is 10.5. The van der Waals surface area contributed by atoms with Crippen molar-refractivity contribution in [3.05, 3.63) is 55.0 Å². The number of hydrogen-bond donors (Lipinski definition) is 0. The first-order chi connectivity index (χ1) is 8.19. The van der Waals surface area contributed by atoms with E-state index in [0.717, 1.165) is 37.2 Å². The molecule has 1 aromatic rings. The third-order valence-corrected chi connectivity index (χ3v) is 2.64. The highest BCUT2D eigenvalue weighted by Crippen LogP contribution is 2.21. The number of hydrogen-bond acceptors (Lipinski definition) is 1. The number of halogens is 1. The van der Waals surface area contributed by atoms with Gasteiger partial charge in [-0.3, -0.25) is 0 Å². The second-order valence-electron chi connectivity index (χ2n) is 4.04. The van der Waals surface area contributed by atoms with Gasteiger partial charge >= 0.3 is 0 Å². The number of nitrogens with zero attached hydrogens (tertiary/aromatic N) is 1. The SMILES string of the molecule is C=CCC(=C)N(CCCC)c1ccc(F)cc1. The molecule has 2 heteroatoms. The van der Waals surface area contributed by atoms with Crippen LogP contribution in [0.3, 0.4) is 0 Å². The molecule has 0 aliphatic carbocycles. The maximum atomic E-state index is 12.9. The molecule has 1 nitrogen and oxygen atoms in total. The monoisotopic (exact) mass is 233 g/mol. The molecule has 1 aromatic carbocycles. The summed E-state index contributed by atoms with van der Waals surface area (Å²) >= 11 is 0. The van der Waals surface area contributed by atoms with E-state index in [4.69, 9.17) is 0 Å². The summed E-state index contributed by atoms with van der Waals surface area (Å²) in [6.45, 7) is 10.8. The van der Waals surface area contributed by atoms with Crippen LogP contribution in [0.15, 0.2) is 49.2 Å². The van der Waals surface area contributed by atoms with Gasteiger partial charge < -0.3 is 4.90 Å². The molecule has 0 saturated carbocycles. The minimum atomic E-state index is -0.210. The van der Waals surface area contributed by atoms with Gasteiger partial charge in [0, 0.05) is 24.4 Å². The fraction of sp³-hybridized carbons (Fsp3) is 0.333. The van der Waals surface area contributed by atoms with Gasteiger partial charge in [0.15, 0.2) is 0 Å². The van der Waals surface area contributed by atoms with Crippen LogP contribution in [0.2, 0.25) is 0 Å². The Bertz CT molecular complexity index is 367. The molecule has 0 bridgehead atoms. The van der Waals surface area contributed by atoms with Crippen LogP contribution in [0.25, 0.3) is 0 Å². The van der Waals surface area contributed by atoms with Gasteiger partial charge in [-0.25, -0.2) is 4.39 Å². The summed E-state index contributed by atoms with van der Waals surface area (Å²) in [5.74, 6) is -0.210. The van der Waals surface area contributed by atoms with Crippen molar-refractivity contribution in [1.82, 2.24) is 0 Å². The lowest BCUT2D eigenvalue weighted by Crippen LogP contribution is -2.22. The average Bonchev–Trinajstić information content (AvgIpc) is 2.32. The standard InChI is InChI=1S/C15H20FN/c1-4-6-12-17(13(3)7-5-2)15-10-8-14(16)9-11-15/h5,8-11H,2-4,6-7,12H2,1H3. The van der Waals surface area contributed by atoms with Crippen molar-refractivity contribution in [2.75, 3.05) is 11.4 Å². The van der Waals surface area contributed by atoms with E-state index in [1.165, 1.54) is 12.1 Å². The topological polar surface area (TPSA) is 3.24 Å². The largest absolute Gasteiger partial charge is 0.345 e. The highest BCUT2D eigenvalue weighted by molar-refractivity contribution is 5.51. The fourth-order valence-corrected chi connectivity index (χ4v) is 1.68. The maximum Gasteiger partial charge on any atom is 0.123 e. The molecule has 0 unspecified atom stereocenters. The van der Waals surface area contributed by atoms with Gasteiger partial charge in [-0.2, -0.15) is 0 Å². The molecule has 0 fully saturated rings. The fourth-order valence-electron chi connectivity index (χ4n) is 1.68. The predicted octanol–water partition coefficient (Wildman–Crippen LogP) is 4.52. The zero-order chi connectivity index (χ0) is 12.7. The van der Waals surface area contributed by atoms with E-state index in [9.17, 15) is 4.39 Å². The van der Waals surface area contributed by atoms with Crippen molar-refractivity contribution < 1.29 is 4.39 Å². The normalized spacial score (nSPS) is 10.0. The molecule has 0 saturated heterocycles. The summed E-state index contributed by atoms with van der Waals surface area (Å²) in [6, 6.07) is 6.55. The van der Waals surface area contributed by atoms with E-state index in [-0.39, 0.29) is 5.82 Å². The van der Waals surface area contributed by atoms with E-state index >= 15 is 0 Å². The Labute approximate surface area is 103 Å². The second kappa shape index (κ2) is 6.89. The first-order valence-corrected chi connectivity index (χ1v) is 6.00. The van der Waals surface area contributed by atoms with Crippen molar-refractivity contribution in [3.63, 3.8) is 0 Å². The van der Waals surface area contributed by atoms with Gasteiger partial charge in [0.25, 0.3) is 0 Å². The molecule has 0 aliphatic rings. The Morgan fingerprint density at radius 2 is 2.00 bits per heavy atom. The van der Waals surface area contributed by atoms with Crippen molar-refractivity contribution in [2.24, 2.45) is 0 Å². The highest BCUT2D eigenvalue weighted by atomic mass is 19.1. The van der Waals surface area contributed by atoms with Gasteiger partial charge in [-0.1, -0.05) is 26.0 Å². The van der Waals surface area contributed by atoms with Gasteiger partial charge in [0.1, 0.15) is 5.82 Å². The number of benzene rings is 1. The van der Waals surface area contributed by atoms with Crippen LogP contribution >= 0.6 is 0 Å². The summed E-state index contributed by atoms with van der Waals surface area (Å²) in [5.41, 5.74) is 1.99. The quantitative estimate of drug-likeness (QED) is 0.626.